The maximum absolute atomic E-state index is 12.7. The molecule has 2 aliphatic rings. The summed E-state index contributed by atoms with van der Waals surface area (Å²) < 4.78 is 2.32. The summed E-state index contributed by atoms with van der Waals surface area (Å²) >= 11 is 0. The number of carbonyl (C=O) groups excluding carboxylic acids is 2. The zero-order valence-electron chi connectivity index (χ0n) is 14.3. The summed E-state index contributed by atoms with van der Waals surface area (Å²) in [5.41, 5.74) is 7.79. The third-order valence-electron chi connectivity index (χ3n) is 5.51. The van der Waals surface area contributed by atoms with E-state index in [1.807, 2.05) is 11.0 Å². The molecule has 2 aromatic rings. The number of nitrogens with zero attached hydrogens (tertiary/aromatic N) is 2. The molecule has 1 aromatic heterocycles. The summed E-state index contributed by atoms with van der Waals surface area (Å²) in [5, 5.41) is 4.32. The fraction of sp³-hybridized carbons (Fsp3) is 0.474. The fourth-order valence-electron chi connectivity index (χ4n) is 4.17. The Balaban J connectivity index is 1.46. The molecule has 4 rings (SSSR count). The number of nitrogens with one attached hydrogen (secondary N) is 1. The van der Waals surface area contributed by atoms with Crippen molar-refractivity contribution in [1.29, 1.82) is 0 Å². The van der Waals surface area contributed by atoms with Crippen molar-refractivity contribution in [2.75, 3.05) is 6.54 Å². The molecule has 0 saturated heterocycles. The largest absolute Gasteiger partial charge is 0.369 e. The van der Waals surface area contributed by atoms with Gasteiger partial charge in [0.15, 0.2) is 0 Å². The van der Waals surface area contributed by atoms with Gasteiger partial charge in [-0.25, -0.2) is 4.79 Å². The van der Waals surface area contributed by atoms with E-state index < -0.39 is 0 Å². The van der Waals surface area contributed by atoms with Crippen LogP contribution < -0.4 is 11.1 Å². The molecule has 0 radical (unpaired) electrons. The number of fused-ring (bicyclic) bond motifs is 3. The van der Waals surface area contributed by atoms with Gasteiger partial charge in [-0.2, -0.15) is 0 Å². The minimum Gasteiger partial charge on any atom is -0.369 e. The van der Waals surface area contributed by atoms with Crippen molar-refractivity contribution in [2.24, 2.45) is 11.7 Å². The second-order valence-corrected chi connectivity index (χ2v) is 7.18. The highest BCUT2D eigenvalue weighted by Crippen LogP contribution is 2.26. The van der Waals surface area contributed by atoms with Gasteiger partial charge in [0, 0.05) is 36.3 Å². The minimum atomic E-state index is -0.254. The Labute approximate surface area is 147 Å². The standard InChI is InChI=1S/C19H24N4O2/c20-18(24)14-6-7-15(10-14)21-19(25)22-8-3-9-23-16(12-22)11-13-4-1-2-5-17(13)23/h1-2,4-5,11,14-15H,3,6-10,12H2,(H2,20,24)(H,21,25)/t14-,15+/m1/s1. The number of hydrogen-bond donors (Lipinski definition) is 2. The Kier molecular flexibility index (Phi) is 4.11. The number of urea groups is 1. The van der Waals surface area contributed by atoms with Crippen LogP contribution in [0.1, 0.15) is 31.4 Å². The molecule has 1 aliphatic heterocycles. The van der Waals surface area contributed by atoms with Crippen molar-refractivity contribution in [3.63, 3.8) is 0 Å². The van der Waals surface area contributed by atoms with E-state index in [2.05, 4.69) is 34.1 Å². The van der Waals surface area contributed by atoms with Gasteiger partial charge in [-0.05, 0) is 43.2 Å². The summed E-state index contributed by atoms with van der Waals surface area (Å²) in [7, 11) is 0. The van der Waals surface area contributed by atoms with Crippen LogP contribution in [-0.4, -0.2) is 34.0 Å². The predicted molar refractivity (Wildman–Crippen MR) is 95.8 cm³/mol. The molecule has 3 N–H and O–H groups in total. The molecule has 1 aliphatic carbocycles. The lowest BCUT2D eigenvalue weighted by Gasteiger charge is -2.23. The van der Waals surface area contributed by atoms with Gasteiger partial charge in [0.2, 0.25) is 5.91 Å². The number of aryl methyl sites for hydroxylation is 1. The number of rotatable bonds is 2. The van der Waals surface area contributed by atoms with E-state index in [0.717, 1.165) is 32.4 Å². The molecular formula is C19H24N4O2. The third kappa shape index (κ3) is 3.08. The van der Waals surface area contributed by atoms with E-state index in [0.29, 0.717) is 13.0 Å². The SMILES string of the molecule is NC(=O)[C@@H]1CC[C@H](NC(=O)N2CCCn3c(cc4ccccc43)C2)C1. The smallest absolute Gasteiger partial charge is 0.317 e. The van der Waals surface area contributed by atoms with Gasteiger partial charge in [-0.15, -0.1) is 0 Å². The van der Waals surface area contributed by atoms with E-state index in [4.69, 9.17) is 5.73 Å². The van der Waals surface area contributed by atoms with Crippen LogP contribution in [0.3, 0.4) is 0 Å². The fourth-order valence-corrected chi connectivity index (χ4v) is 4.17. The van der Waals surface area contributed by atoms with Crippen molar-refractivity contribution >= 4 is 22.8 Å². The first-order chi connectivity index (χ1) is 12.1. The average molecular weight is 340 g/mol. The van der Waals surface area contributed by atoms with Gasteiger partial charge in [-0.1, -0.05) is 18.2 Å². The molecule has 2 atom stereocenters. The van der Waals surface area contributed by atoms with Crippen LogP contribution >= 0.6 is 0 Å². The van der Waals surface area contributed by atoms with E-state index in [1.165, 1.54) is 16.6 Å². The van der Waals surface area contributed by atoms with Crippen LogP contribution in [-0.2, 0) is 17.9 Å². The lowest BCUT2D eigenvalue weighted by molar-refractivity contribution is -0.121. The van der Waals surface area contributed by atoms with Crippen LogP contribution in [0.2, 0.25) is 0 Å². The minimum absolute atomic E-state index is 0.0335. The number of aromatic nitrogens is 1. The highest BCUT2D eigenvalue weighted by molar-refractivity contribution is 5.82. The molecule has 0 unspecified atom stereocenters. The van der Waals surface area contributed by atoms with Crippen molar-refractivity contribution in [3.8, 4) is 0 Å². The molecule has 3 amide bonds. The first kappa shape index (κ1) is 16.0. The zero-order valence-corrected chi connectivity index (χ0v) is 14.3. The van der Waals surface area contributed by atoms with Crippen molar-refractivity contribution in [2.45, 2.75) is 44.8 Å². The Hall–Kier alpha value is -2.50. The van der Waals surface area contributed by atoms with Crippen LogP contribution in [0.15, 0.2) is 30.3 Å². The predicted octanol–water partition coefficient (Wildman–Crippen LogP) is 2.21. The van der Waals surface area contributed by atoms with Crippen molar-refractivity contribution in [1.82, 2.24) is 14.8 Å². The number of amides is 3. The van der Waals surface area contributed by atoms with Crippen LogP contribution in [0.4, 0.5) is 4.79 Å². The molecule has 6 nitrogen and oxygen atoms in total. The molecule has 0 spiro atoms. The van der Waals surface area contributed by atoms with Crippen LogP contribution in [0.5, 0.6) is 0 Å². The normalized spacial score (nSPS) is 23.3. The molecule has 0 bridgehead atoms. The number of primary amides is 1. The van der Waals surface area contributed by atoms with Gasteiger partial charge in [0.25, 0.3) is 0 Å². The summed E-state index contributed by atoms with van der Waals surface area (Å²) in [6.07, 6.45) is 3.20. The Morgan fingerprint density at radius 2 is 2.00 bits per heavy atom. The quantitative estimate of drug-likeness (QED) is 0.879. The van der Waals surface area contributed by atoms with Gasteiger partial charge >= 0.3 is 6.03 Å². The lowest BCUT2D eigenvalue weighted by atomic mass is 10.1. The summed E-state index contributed by atoms with van der Waals surface area (Å²) in [5.74, 6) is -0.354. The molecule has 1 saturated carbocycles. The van der Waals surface area contributed by atoms with Gasteiger partial charge in [0.1, 0.15) is 0 Å². The summed E-state index contributed by atoms with van der Waals surface area (Å²) in [6.45, 7) is 2.29. The monoisotopic (exact) mass is 340 g/mol. The molecule has 25 heavy (non-hydrogen) atoms. The number of para-hydroxylation sites is 1. The topological polar surface area (TPSA) is 80.4 Å². The maximum Gasteiger partial charge on any atom is 0.317 e. The van der Waals surface area contributed by atoms with Gasteiger partial charge < -0.3 is 20.5 Å². The number of hydrogen-bond acceptors (Lipinski definition) is 2. The van der Waals surface area contributed by atoms with E-state index in [-0.39, 0.29) is 23.9 Å². The first-order valence-electron chi connectivity index (χ1n) is 9.04. The van der Waals surface area contributed by atoms with Gasteiger partial charge in [-0.3, -0.25) is 4.79 Å². The molecule has 132 valence electrons. The number of nitrogens with two attached hydrogens (primary N) is 1. The van der Waals surface area contributed by atoms with Gasteiger partial charge in [0.05, 0.1) is 6.54 Å². The van der Waals surface area contributed by atoms with Crippen LogP contribution in [0.25, 0.3) is 10.9 Å². The first-order valence-corrected chi connectivity index (χ1v) is 9.04. The van der Waals surface area contributed by atoms with E-state index >= 15 is 0 Å². The van der Waals surface area contributed by atoms with Crippen LogP contribution in [0, 0.1) is 5.92 Å². The maximum atomic E-state index is 12.7. The summed E-state index contributed by atoms with van der Waals surface area (Å²) in [6, 6.07) is 10.6. The average Bonchev–Trinajstić information content (AvgIpc) is 3.13. The van der Waals surface area contributed by atoms with Crippen molar-refractivity contribution < 1.29 is 9.59 Å². The number of benzene rings is 1. The van der Waals surface area contributed by atoms with Crippen molar-refractivity contribution in [3.05, 3.63) is 36.0 Å². The molecule has 6 heteroatoms. The van der Waals surface area contributed by atoms with E-state index in [1.54, 1.807) is 0 Å². The molecular weight excluding hydrogens is 316 g/mol. The second-order valence-electron chi connectivity index (χ2n) is 7.18. The summed E-state index contributed by atoms with van der Waals surface area (Å²) in [4.78, 5) is 25.9. The molecule has 2 heterocycles. The number of carbonyl (C=O) groups is 2. The highest BCUT2D eigenvalue weighted by atomic mass is 16.2. The molecule has 1 aromatic carbocycles. The highest BCUT2D eigenvalue weighted by Gasteiger charge is 2.30. The third-order valence-corrected chi connectivity index (χ3v) is 5.51. The Bertz CT molecular complexity index is 813. The Morgan fingerprint density at radius 1 is 1.16 bits per heavy atom. The Morgan fingerprint density at radius 3 is 2.80 bits per heavy atom. The lowest BCUT2D eigenvalue weighted by Crippen LogP contribution is -2.44. The second kappa shape index (κ2) is 6.43. The molecule has 1 fully saturated rings. The van der Waals surface area contributed by atoms with E-state index in [9.17, 15) is 9.59 Å². The zero-order chi connectivity index (χ0) is 17.4.